The fourth-order valence-corrected chi connectivity index (χ4v) is 3.40. The lowest BCUT2D eigenvalue weighted by Gasteiger charge is -2.30. The number of nitrogens with zero attached hydrogens (tertiary/aromatic N) is 2. The van der Waals surface area contributed by atoms with Crippen LogP contribution < -0.4 is 16.4 Å². The van der Waals surface area contributed by atoms with Gasteiger partial charge in [0.1, 0.15) is 18.4 Å². The first-order chi connectivity index (χ1) is 15.7. The van der Waals surface area contributed by atoms with Gasteiger partial charge in [-0.25, -0.2) is 4.39 Å². The molecule has 0 spiro atoms. The second-order valence-electron chi connectivity index (χ2n) is 9.01. The highest BCUT2D eigenvalue weighted by Gasteiger charge is 2.36. The van der Waals surface area contributed by atoms with Gasteiger partial charge in [0.05, 0.1) is 12.1 Å². The summed E-state index contributed by atoms with van der Waals surface area (Å²) in [4.78, 5) is 25.6. The van der Waals surface area contributed by atoms with E-state index in [0.717, 1.165) is 5.56 Å². The van der Waals surface area contributed by atoms with Crippen molar-refractivity contribution in [1.29, 1.82) is 0 Å². The second kappa shape index (κ2) is 9.32. The standard InChI is InChI=1S/C23H25F4N5O2/c1-22(2,3)19(21(34)29-12-23(25,26)27)30-20(33)18-16-9-6-14(24)10-17(16)32(31-18)11-13-4-7-15(28)8-5-13/h4-10,19H,11-12,28H2,1-3H3,(H,29,34)(H,30,33). The highest BCUT2D eigenvalue weighted by molar-refractivity contribution is 6.06. The molecule has 0 saturated carbocycles. The first-order valence-electron chi connectivity index (χ1n) is 10.4. The molecule has 182 valence electrons. The third-order valence-electron chi connectivity index (χ3n) is 5.11. The van der Waals surface area contributed by atoms with Gasteiger partial charge in [-0.1, -0.05) is 32.9 Å². The molecule has 4 N–H and O–H groups in total. The molecule has 0 aliphatic rings. The topological polar surface area (TPSA) is 102 Å². The zero-order chi connectivity index (χ0) is 25.3. The minimum absolute atomic E-state index is 0.0803. The van der Waals surface area contributed by atoms with Gasteiger partial charge in [-0.15, -0.1) is 0 Å². The lowest BCUT2D eigenvalue weighted by Crippen LogP contribution is -2.54. The van der Waals surface area contributed by atoms with Gasteiger partial charge < -0.3 is 16.4 Å². The molecule has 1 atom stereocenters. The summed E-state index contributed by atoms with van der Waals surface area (Å²) in [7, 11) is 0. The van der Waals surface area contributed by atoms with Crippen LogP contribution in [0.3, 0.4) is 0 Å². The fourth-order valence-electron chi connectivity index (χ4n) is 3.40. The first kappa shape index (κ1) is 25.0. The molecule has 1 unspecified atom stereocenters. The summed E-state index contributed by atoms with van der Waals surface area (Å²) in [6, 6.07) is 9.44. The van der Waals surface area contributed by atoms with Gasteiger partial charge in [-0.3, -0.25) is 14.3 Å². The van der Waals surface area contributed by atoms with Crippen molar-refractivity contribution in [3.8, 4) is 0 Å². The molecule has 2 aromatic carbocycles. The highest BCUT2D eigenvalue weighted by atomic mass is 19.4. The maximum Gasteiger partial charge on any atom is 0.405 e. The predicted octanol–water partition coefficient (Wildman–Crippen LogP) is 3.63. The van der Waals surface area contributed by atoms with Gasteiger partial charge in [0.15, 0.2) is 5.69 Å². The molecule has 7 nitrogen and oxygen atoms in total. The Bertz CT molecular complexity index is 1200. The minimum atomic E-state index is -4.59. The summed E-state index contributed by atoms with van der Waals surface area (Å²) in [6.07, 6.45) is -4.59. The van der Waals surface area contributed by atoms with E-state index in [2.05, 4.69) is 10.4 Å². The van der Waals surface area contributed by atoms with Crippen molar-refractivity contribution in [2.75, 3.05) is 12.3 Å². The number of nitrogen functional groups attached to an aromatic ring is 1. The molecule has 1 heterocycles. The molecular weight excluding hydrogens is 454 g/mol. The number of amides is 2. The summed E-state index contributed by atoms with van der Waals surface area (Å²) in [5, 5.41) is 8.96. The molecule has 0 aliphatic carbocycles. The summed E-state index contributed by atoms with van der Waals surface area (Å²) < 4.78 is 53.1. The number of fused-ring (bicyclic) bond motifs is 1. The Morgan fingerprint density at radius 2 is 1.74 bits per heavy atom. The Morgan fingerprint density at radius 1 is 1.09 bits per heavy atom. The zero-order valence-electron chi connectivity index (χ0n) is 18.8. The van der Waals surface area contributed by atoms with Gasteiger partial charge in [0, 0.05) is 11.1 Å². The average Bonchev–Trinajstić information content (AvgIpc) is 3.08. The smallest absolute Gasteiger partial charge is 0.399 e. The van der Waals surface area contributed by atoms with E-state index in [9.17, 15) is 27.2 Å². The van der Waals surface area contributed by atoms with E-state index in [1.165, 1.54) is 22.9 Å². The Kier molecular flexibility index (Phi) is 6.85. The van der Waals surface area contributed by atoms with Gasteiger partial charge in [0.25, 0.3) is 5.91 Å². The van der Waals surface area contributed by atoms with Crippen LogP contribution in [-0.4, -0.2) is 40.4 Å². The molecule has 0 radical (unpaired) electrons. The fraction of sp³-hybridized carbons (Fsp3) is 0.348. The van der Waals surface area contributed by atoms with E-state index in [-0.39, 0.29) is 12.2 Å². The third kappa shape index (κ3) is 6.03. The summed E-state index contributed by atoms with van der Waals surface area (Å²) in [6.45, 7) is 3.52. The zero-order valence-corrected chi connectivity index (χ0v) is 18.8. The molecule has 1 aromatic heterocycles. The molecule has 0 saturated heterocycles. The van der Waals surface area contributed by atoms with Gasteiger partial charge >= 0.3 is 6.18 Å². The Morgan fingerprint density at radius 3 is 2.32 bits per heavy atom. The number of carbonyl (C=O) groups is 2. The van der Waals surface area contributed by atoms with E-state index in [1.807, 2.05) is 5.32 Å². The Labute approximate surface area is 193 Å². The Hall–Kier alpha value is -3.63. The molecule has 0 fully saturated rings. The number of hydrogen-bond acceptors (Lipinski definition) is 4. The molecule has 0 bridgehead atoms. The van der Waals surface area contributed by atoms with Crippen molar-refractivity contribution in [3.63, 3.8) is 0 Å². The van der Waals surface area contributed by atoms with Gasteiger partial charge in [-0.2, -0.15) is 18.3 Å². The number of nitrogens with two attached hydrogens (primary N) is 1. The van der Waals surface area contributed by atoms with Crippen molar-refractivity contribution in [3.05, 3.63) is 59.5 Å². The summed E-state index contributed by atoms with van der Waals surface area (Å²) in [5.74, 6) is -2.28. The SMILES string of the molecule is CC(C)(C)C(NC(=O)c1nn(Cc2ccc(N)cc2)c2cc(F)ccc12)C(=O)NCC(F)(F)F. The number of anilines is 1. The lowest BCUT2D eigenvalue weighted by atomic mass is 9.86. The molecular formula is C23H25F4N5O2. The Balaban J connectivity index is 1.92. The van der Waals surface area contributed by atoms with E-state index in [4.69, 9.17) is 5.73 Å². The van der Waals surface area contributed by atoms with Crippen molar-refractivity contribution in [2.45, 2.75) is 39.5 Å². The summed E-state index contributed by atoms with van der Waals surface area (Å²) in [5.41, 5.74) is 6.43. The van der Waals surface area contributed by atoms with Crippen molar-refractivity contribution >= 4 is 28.4 Å². The van der Waals surface area contributed by atoms with Crippen molar-refractivity contribution < 1.29 is 27.2 Å². The normalized spacial score (nSPS) is 13.0. The maximum absolute atomic E-state index is 14.0. The number of rotatable bonds is 6. The lowest BCUT2D eigenvalue weighted by molar-refractivity contribution is -0.140. The second-order valence-corrected chi connectivity index (χ2v) is 9.01. The highest BCUT2D eigenvalue weighted by Crippen LogP contribution is 2.24. The molecule has 11 heteroatoms. The number of hydrogen-bond donors (Lipinski definition) is 3. The average molecular weight is 479 g/mol. The van der Waals surface area contributed by atoms with Crippen LogP contribution in [0.2, 0.25) is 0 Å². The molecule has 0 aliphatic heterocycles. The monoisotopic (exact) mass is 479 g/mol. The van der Waals surface area contributed by atoms with Gasteiger partial charge in [-0.05, 0) is 41.3 Å². The van der Waals surface area contributed by atoms with Crippen molar-refractivity contribution in [2.24, 2.45) is 5.41 Å². The largest absolute Gasteiger partial charge is 0.405 e. The number of halogens is 4. The van der Waals surface area contributed by atoms with Gasteiger partial charge in [0.2, 0.25) is 5.91 Å². The van der Waals surface area contributed by atoms with E-state index >= 15 is 0 Å². The molecule has 3 rings (SSSR count). The first-order valence-corrected chi connectivity index (χ1v) is 10.4. The van der Waals surface area contributed by atoms with E-state index in [0.29, 0.717) is 16.6 Å². The molecule has 2 amide bonds. The van der Waals surface area contributed by atoms with Crippen LogP contribution in [0, 0.1) is 11.2 Å². The van der Waals surface area contributed by atoms with E-state index < -0.39 is 41.8 Å². The number of benzene rings is 2. The van der Waals surface area contributed by atoms with Crippen LogP contribution in [0.4, 0.5) is 23.2 Å². The van der Waals surface area contributed by atoms with E-state index in [1.54, 1.807) is 45.0 Å². The van der Waals surface area contributed by atoms with Crippen LogP contribution in [-0.2, 0) is 11.3 Å². The number of aromatic nitrogens is 2. The third-order valence-corrected chi connectivity index (χ3v) is 5.11. The van der Waals surface area contributed by atoms with Crippen LogP contribution in [0.15, 0.2) is 42.5 Å². The van der Waals surface area contributed by atoms with Crippen LogP contribution in [0.1, 0.15) is 36.8 Å². The van der Waals surface area contributed by atoms with Crippen molar-refractivity contribution in [1.82, 2.24) is 20.4 Å². The number of carbonyl (C=O) groups excluding carboxylic acids is 2. The molecule has 3 aromatic rings. The quantitative estimate of drug-likeness (QED) is 0.371. The van der Waals surface area contributed by atoms with Crippen LogP contribution in [0.5, 0.6) is 0 Å². The predicted molar refractivity (Wildman–Crippen MR) is 119 cm³/mol. The minimum Gasteiger partial charge on any atom is -0.399 e. The summed E-state index contributed by atoms with van der Waals surface area (Å²) >= 11 is 0. The van der Waals surface area contributed by atoms with Crippen LogP contribution >= 0.6 is 0 Å². The maximum atomic E-state index is 14.0. The molecule has 34 heavy (non-hydrogen) atoms. The number of nitrogens with one attached hydrogen (secondary N) is 2. The number of alkyl halides is 3. The van der Waals surface area contributed by atoms with Crippen LogP contribution in [0.25, 0.3) is 10.9 Å².